The Morgan fingerprint density at radius 3 is 2.90 bits per heavy atom. The fourth-order valence-corrected chi connectivity index (χ4v) is 4.05. The Hall–Kier alpha value is -2.98. The maximum Gasteiger partial charge on any atom is 0.226 e. The van der Waals surface area contributed by atoms with Crippen molar-refractivity contribution in [1.82, 2.24) is 30.6 Å². The van der Waals surface area contributed by atoms with Gasteiger partial charge in [0.1, 0.15) is 5.75 Å². The van der Waals surface area contributed by atoms with Crippen LogP contribution in [0.5, 0.6) is 5.75 Å². The van der Waals surface area contributed by atoms with Gasteiger partial charge in [-0.3, -0.25) is 10.1 Å². The second-order valence-electron chi connectivity index (χ2n) is 6.80. The highest BCUT2D eigenvalue weighted by molar-refractivity contribution is 7.99. The van der Waals surface area contributed by atoms with Gasteiger partial charge in [-0.25, -0.2) is 19.9 Å². The van der Waals surface area contributed by atoms with Gasteiger partial charge in [0.2, 0.25) is 11.9 Å². The van der Waals surface area contributed by atoms with Crippen molar-refractivity contribution in [3.63, 3.8) is 0 Å². The van der Waals surface area contributed by atoms with E-state index >= 15 is 0 Å². The molecule has 1 amide bonds. The number of nitrogens with zero attached hydrogens (tertiary/aromatic N) is 4. The van der Waals surface area contributed by atoms with Gasteiger partial charge in [-0.15, -0.1) is 0 Å². The van der Waals surface area contributed by atoms with E-state index in [9.17, 15) is 4.79 Å². The molecule has 3 heterocycles. The molecule has 0 bridgehead atoms. The lowest BCUT2D eigenvalue weighted by Gasteiger charge is -2.31. The van der Waals surface area contributed by atoms with Gasteiger partial charge in [-0.05, 0) is 38.1 Å². The molecule has 0 spiro atoms. The Morgan fingerprint density at radius 1 is 1.27 bits per heavy atom. The normalized spacial score (nSPS) is 18.8. The van der Waals surface area contributed by atoms with E-state index in [1.807, 2.05) is 32.0 Å². The summed E-state index contributed by atoms with van der Waals surface area (Å²) >= 11 is 1.51. The Bertz CT molecular complexity index is 1030. The zero-order valence-corrected chi connectivity index (χ0v) is 17.6. The summed E-state index contributed by atoms with van der Waals surface area (Å²) in [7, 11) is 0. The Balaban J connectivity index is 1.44. The van der Waals surface area contributed by atoms with Crippen LogP contribution in [-0.2, 0) is 4.79 Å². The minimum Gasteiger partial charge on any atom is -0.494 e. The first-order chi connectivity index (χ1) is 14.6. The number of ether oxygens (including phenoxy) is 1. The molecule has 156 valence electrons. The number of hydrogen-bond donors (Lipinski definition) is 3. The van der Waals surface area contributed by atoms with E-state index in [1.165, 1.54) is 11.8 Å². The van der Waals surface area contributed by atoms with Crippen molar-refractivity contribution in [2.45, 2.75) is 37.8 Å². The number of hydrogen-bond acceptors (Lipinski definition) is 9. The molecule has 4 rings (SSSR count). The highest BCUT2D eigenvalue weighted by Gasteiger charge is 2.26. The second-order valence-corrected chi connectivity index (χ2v) is 7.79. The summed E-state index contributed by atoms with van der Waals surface area (Å²) in [6.45, 7) is 4.48. The van der Waals surface area contributed by atoms with Gasteiger partial charge >= 0.3 is 0 Å². The summed E-state index contributed by atoms with van der Waals surface area (Å²) < 4.78 is 5.56. The fourth-order valence-electron chi connectivity index (χ4n) is 3.21. The zero-order chi connectivity index (χ0) is 20.9. The van der Waals surface area contributed by atoms with Gasteiger partial charge in [0.05, 0.1) is 17.8 Å². The molecular weight excluding hydrogens is 402 g/mol. The molecule has 1 aliphatic heterocycles. The highest BCUT2D eigenvalue weighted by atomic mass is 32.2. The average Bonchev–Trinajstić information content (AvgIpc) is 2.73. The van der Waals surface area contributed by atoms with Crippen LogP contribution in [0.3, 0.4) is 0 Å². The van der Waals surface area contributed by atoms with E-state index in [1.54, 1.807) is 18.5 Å². The van der Waals surface area contributed by atoms with E-state index in [0.29, 0.717) is 29.9 Å². The van der Waals surface area contributed by atoms with Crippen LogP contribution in [0.15, 0.2) is 41.8 Å². The van der Waals surface area contributed by atoms with E-state index in [0.717, 1.165) is 22.3 Å². The number of thioether (sulfide) groups is 1. The van der Waals surface area contributed by atoms with E-state index in [-0.39, 0.29) is 11.9 Å². The maximum absolute atomic E-state index is 12.2. The molecule has 1 saturated heterocycles. The molecule has 0 saturated carbocycles. The molecule has 10 heteroatoms. The molecule has 2 atom stereocenters. The standard InChI is InChI=1S/C20H23N7O2S/c1-3-29-14-5-6-16-15(10-14)12(2)23-18(25-16)27-19-24-13(9-17(28)26-19)11-30-20-21-7-4-8-22-20/h4-8,10,13,19,24H,3,9,11H2,1-2H3,(H,26,28)(H,23,25,27). The van der Waals surface area contributed by atoms with Gasteiger partial charge < -0.3 is 15.4 Å². The van der Waals surface area contributed by atoms with Crippen molar-refractivity contribution >= 4 is 34.5 Å². The average molecular weight is 426 g/mol. The van der Waals surface area contributed by atoms with E-state index < -0.39 is 6.29 Å². The molecule has 1 aliphatic rings. The first-order valence-electron chi connectivity index (χ1n) is 9.73. The first-order valence-corrected chi connectivity index (χ1v) is 10.7. The molecule has 30 heavy (non-hydrogen) atoms. The van der Waals surface area contributed by atoms with Crippen LogP contribution in [-0.4, -0.2) is 50.5 Å². The number of fused-ring (bicyclic) bond motifs is 1. The summed E-state index contributed by atoms with van der Waals surface area (Å²) in [5.74, 6) is 1.88. The van der Waals surface area contributed by atoms with Crippen molar-refractivity contribution in [3.8, 4) is 5.75 Å². The van der Waals surface area contributed by atoms with Crippen molar-refractivity contribution in [2.24, 2.45) is 0 Å². The van der Waals surface area contributed by atoms with E-state index in [2.05, 4.69) is 35.9 Å². The smallest absolute Gasteiger partial charge is 0.226 e. The Labute approximate surface area is 178 Å². The fraction of sp³-hybridized carbons (Fsp3) is 0.350. The third-order valence-corrected chi connectivity index (χ3v) is 5.58. The topological polar surface area (TPSA) is 114 Å². The summed E-state index contributed by atoms with van der Waals surface area (Å²) in [6.07, 6.45) is 3.33. The molecule has 1 aromatic carbocycles. The van der Waals surface area contributed by atoms with Crippen molar-refractivity contribution in [3.05, 3.63) is 42.4 Å². The minimum atomic E-state index is -0.465. The first kappa shape index (κ1) is 20.3. The van der Waals surface area contributed by atoms with Gasteiger partial charge in [-0.1, -0.05) is 11.8 Å². The number of benzene rings is 1. The molecule has 9 nitrogen and oxygen atoms in total. The third kappa shape index (κ3) is 4.95. The summed E-state index contributed by atoms with van der Waals surface area (Å²) in [5.41, 5.74) is 1.64. The van der Waals surface area contributed by atoms with Gasteiger partial charge in [0.15, 0.2) is 11.4 Å². The van der Waals surface area contributed by atoms with Crippen LogP contribution in [0, 0.1) is 6.92 Å². The van der Waals surface area contributed by atoms with Gasteiger partial charge in [0, 0.05) is 36.0 Å². The maximum atomic E-state index is 12.2. The zero-order valence-electron chi connectivity index (χ0n) is 16.8. The molecule has 0 aliphatic carbocycles. The quantitative estimate of drug-likeness (QED) is 0.387. The lowest BCUT2D eigenvalue weighted by molar-refractivity contribution is -0.123. The van der Waals surface area contributed by atoms with Crippen molar-refractivity contribution in [2.75, 3.05) is 17.7 Å². The minimum absolute atomic E-state index is 0.0274. The Morgan fingerprint density at radius 2 is 2.10 bits per heavy atom. The number of anilines is 1. The third-order valence-electron chi connectivity index (χ3n) is 4.54. The lowest BCUT2D eigenvalue weighted by Crippen LogP contribution is -2.60. The number of aryl methyl sites for hydroxylation is 1. The predicted octanol–water partition coefficient (Wildman–Crippen LogP) is 2.09. The van der Waals surface area contributed by atoms with Crippen LogP contribution in [0.1, 0.15) is 19.0 Å². The molecule has 1 fully saturated rings. The number of carbonyl (C=O) groups excluding carboxylic acids is 1. The highest BCUT2D eigenvalue weighted by Crippen LogP contribution is 2.23. The monoisotopic (exact) mass is 425 g/mol. The largest absolute Gasteiger partial charge is 0.494 e. The van der Waals surface area contributed by atoms with Gasteiger partial charge in [-0.2, -0.15) is 0 Å². The molecule has 2 aromatic heterocycles. The van der Waals surface area contributed by atoms with Crippen LogP contribution in [0.25, 0.3) is 10.9 Å². The Kier molecular flexibility index (Phi) is 6.24. The number of amides is 1. The molecule has 0 radical (unpaired) electrons. The van der Waals surface area contributed by atoms with Crippen molar-refractivity contribution < 1.29 is 9.53 Å². The molecule has 3 aromatic rings. The molecule has 2 unspecified atom stereocenters. The molecular formula is C20H23N7O2S. The summed E-state index contributed by atoms with van der Waals surface area (Å²) in [6, 6.07) is 7.49. The van der Waals surface area contributed by atoms with Crippen LogP contribution in [0.2, 0.25) is 0 Å². The SMILES string of the molecule is CCOc1ccc2nc(NC3NC(=O)CC(CSc4ncccn4)N3)nc(C)c2c1. The number of aromatic nitrogens is 4. The van der Waals surface area contributed by atoms with Gasteiger partial charge in [0.25, 0.3) is 0 Å². The lowest BCUT2D eigenvalue weighted by atomic mass is 10.2. The van der Waals surface area contributed by atoms with Crippen LogP contribution in [0.4, 0.5) is 5.95 Å². The number of nitrogens with one attached hydrogen (secondary N) is 3. The van der Waals surface area contributed by atoms with Crippen LogP contribution >= 0.6 is 11.8 Å². The predicted molar refractivity (Wildman–Crippen MR) is 115 cm³/mol. The second kappa shape index (κ2) is 9.23. The number of carbonyl (C=O) groups is 1. The van der Waals surface area contributed by atoms with Crippen molar-refractivity contribution in [1.29, 1.82) is 0 Å². The molecule has 3 N–H and O–H groups in total. The summed E-state index contributed by atoms with van der Waals surface area (Å²) in [4.78, 5) is 29.7. The number of rotatable bonds is 7. The van der Waals surface area contributed by atoms with E-state index in [4.69, 9.17) is 4.74 Å². The van der Waals surface area contributed by atoms with Crippen LogP contribution < -0.4 is 20.7 Å². The summed E-state index contributed by atoms with van der Waals surface area (Å²) in [5, 5.41) is 11.1.